The molecule has 0 aliphatic rings. The fraction of sp³-hybridized carbons (Fsp3) is 0.375. The molecule has 4 nitrogen and oxygen atoms in total. The van der Waals surface area contributed by atoms with Crippen molar-refractivity contribution in [2.75, 3.05) is 19.1 Å². The first-order valence-electron chi connectivity index (χ1n) is 7.00. The smallest absolute Gasteiger partial charge is 0.133 e. The van der Waals surface area contributed by atoms with Gasteiger partial charge in [0.25, 0.3) is 0 Å². The number of anilines is 1. The zero-order valence-corrected chi connectivity index (χ0v) is 14.2. The minimum Gasteiger partial charge on any atom is -0.497 e. The highest BCUT2D eigenvalue weighted by molar-refractivity contribution is 9.10. The monoisotopic (exact) mass is 349 g/mol. The maximum absolute atomic E-state index is 5.26. The summed E-state index contributed by atoms with van der Waals surface area (Å²) < 4.78 is 6.09. The van der Waals surface area contributed by atoms with Crippen LogP contribution in [0.15, 0.2) is 34.9 Å². The van der Waals surface area contributed by atoms with Crippen molar-refractivity contribution in [1.82, 2.24) is 9.97 Å². The lowest BCUT2D eigenvalue weighted by Crippen LogP contribution is -2.18. The molecule has 0 fully saturated rings. The summed E-state index contributed by atoms with van der Waals surface area (Å²) >= 11 is 3.46. The Balaban J connectivity index is 2.17. The highest BCUT2D eigenvalue weighted by Crippen LogP contribution is 2.20. The molecule has 0 aliphatic heterocycles. The second-order valence-corrected chi connectivity index (χ2v) is 5.74. The highest BCUT2D eigenvalue weighted by Gasteiger charge is 2.08. The van der Waals surface area contributed by atoms with Crippen molar-refractivity contribution in [3.05, 3.63) is 46.3 Å². The summed E-state index contributed by atoms with van der Waals surface area (Å²) in [6, 6.07) is 10.0. The topological polar surface area (TPSA) is 38.2 Å². The van der Waals surface area contributed by atoms with Crippen LogP contribution in [0.25, 0.3) is 0 Å². The van der Waals surface area contributed by atoms with Gasteiger partial charge in [-0.1, -0.05) is 19.1 Å². The molecule has 0 bridgehead atoms. The van der Waals surface area contributed by atoms with Crippen molar-refractivity contribution >= 4 is 21.7 Å². The standard InChI is InChI=1S/C16H20BrN3O/c1-4-6-15-18-14(17)10-16(19-15)20(2)11-12-7-5-8-13(9-12)21-3/h5,7-10H,4,6,11H2,1-3H3. The van der Waals surface area contributed by atoms with E-state index in [9.17, 15) is 0 Å². The van der Waals surface area contributed by atoms with Crippen LogP contribution in [0.5, 0.6) is 5.75 Å². The third-order valence-electron chi connectivity index (χ3n) is 3.15. The third kappa shape index (κ3) is 4.43. The summed E-state index contributed by atoms with van der Waals surface area (Å²) in [6.07, 6.45) is 1.93. The Hall–Kier alpha value is -1.62. The second kappa shape index (κ2) is 7.41. The summed E-state index contributed by atoms with van der Waals surface area (Å²) in [5.41, 5.74) is 1.18. The number of benzene rings is 1. The van der Waals surface area contributed by atoms with Gasteiger partial charge in [0.05, 0.1) is 7.11 Å². The molecule has 112 valence electrons. The van der Waals surface area contributed by atoms with Gasteiger partial charge in [0, 0.05) is 26.1 Å². The Labute approximate surface area is 134 Å². The zero-order valence-electron chi connectivity index (χ0n) is 12.6. The van der Waals surface area contributed by atoms with Gasteiger partial charge < -0.3 is 9.64 Å². The van der Waals surface area contributed by atoms with Crippen molar-refractivity contribution in [3.8, 4) is 5.75 Å². The van der Waals surface area contributed by atoms with E-state index in [1.165, 1.54) is 5.56 Å². The van der Waals surface area contributed by atoms with E-state index in [2.05, 4.69) is 43.8 Å². The number of aromatic nitrogens is 2. The van der Waals surface area contributed by atoms with E-state index in [1.54, 1.807) is 7.11 Å². The van der Waals surface area contributed by atoms with Crippen molar-refractivity contribution in [1.29, 1.82) is 0 Å². The number of halogens is 1. The van der Waals surface area contributed by atoms with Gasteiger partial charge >= 0.3 is 0 Å². The molecule has 5 heteroatoms. The Bertz CT molecular complexity index is 604. The molecule has 0 radical (unpaired) electrons. The van der Waals surface area contributed by atoms with Crippen LogP contribution >= 0.6 is 15.9 Å². The largest absolute Gasteiger partial charge is 0.497 e. The van der Waals surface area contributed by atoms with Gasteiger partial charge in [0.2, 0.25) is 0 Å². The number of hydrogen-bond donors (Lipinski definition) is 0. The van der Waals surface area contributed by atoms with Crippen LogP contribution < -0.4 is 9.64 Å². The van der Waals surface area contributed by atoms with E-state index in [4.69, 9.17) is 4.74 Å². The SMILES string of the molecule is CCCc1nc(Br)cc(N(C)Cc2cccc(OC)c2)n1. The molecule has 1 aromatic carbocycles. The minimum absolute atomic E-state index is 0.770. The van der Waals surface area contributed by atoms with Crippen LogP contribution in [0.1, 0.15) is 24.7 Å². The summed E-state index contributed by atoms with van der Waals surface area (Å²) in [5, 5.41) is 0. The third-order valence-corrected chi connectivity index (χ3v) is 3.55. The minimum atomic E-state index is 0.770. The number of ether oxygens (including phenoxy) is 1. The first-order chi connectivity index (χ1) is 10.1. The highest BCUT2D eigenvalue weighted by atomic mass is 79.9. The molecule has 2 aromatic rings. The van der Waals surface area contributed by atoms with Gasteiger partial charge in [-0.05, 0) is 40.0 Å². The lowest BCUT2D eigenvalue weighted by molar-refractivity contribution is 0.414. The van der Waals surface area contributed by atoms with Gasteiger partial charge in [0.15, 0.2) is 0 Å². The first-order valence-corrected chi connectivity index (χ1v) is 7.79. The lowest BCUT2D eigenvalue weighted by Gasteiger charge is -2.19. The molecule has 0 saturated carbocycles. The predicted octanol–water partition coefficient (Wildman–Crippen LogP) is 3.84. The summed E-state index contributed by atoms with van der Waals surface area (Å²) in [4.78, 5) is 11.1. The second-order valence-electron chi connectivity index (χ2n) is 4.92. The molecule has 1 aromatic heterocycles. The quantitative estimate of drug-likeness (QED) is 0.742. The fourth-order valence-electron chi connectivity index (χ4n) is 2.11. The van der Waals surface area contributed by atoms with E-state index >= 15 is 0 Å². The summed E-state index contributed by atoms with van der Waals surface area (Å²) in [5.74, 6) is 2.67. The molecule has 0 saturated heterocycles. The molecule has 1 heterocycles. The number of aryl methyl sites for hydroxylation is 1. The Kier molecular flexibility index (Phi) is 5.56. The van der Waals surface area contributed by atoms with E-state index in [1.807, 2.05) is 31.3 Å². The maximum Gasteiger partial charge on any atom is 0.133 e. The van der Waals surface area contributed by atoms with Crippen LogP contribution in [0, 0.1) is 0 Å². The molecule has 21 heavy (non-hydrogen) atoms. The normalized spacial score (nSPS) is 10.5. The van der Waals surface area contributed by atoms with Gasteiger partial charge in [-0.15, -0.1) is 0 Å². The van der Waals surface area contributed by atoms with Crippen LogP contribution in [-0.2, 0) is 13.0 Å². The Morgan fingerprint density at radius 2 is 2.05 bits per heavy atom. The molecular formula is C16H20BrN3O. The number of hydrogen-bond acceptors (Lipinski definition) is 4. The fourth-order valence-corrected chi connectivity index (χ4v) is 2.52. The van der Waals surface area contributed by atoms with Crippen molar-refractivity contribution in [2.24, 2.45) is 0 Å². The lowest BCUT2D eigenvalue weighted by atomic mass is 10.2. The van der Waals surface area contributed by atoms with Crippen LogP contribution in [0.2, 0.25) is 0 Å². The van der Waals surface area contributed by atoms with E-state index in [0.29, 0.717) is 0 Å². The molecule has 0 unspecified atom stereocenters. The molecule has 0 atom stereocenters. The van der Waals surface area contributed by atoms with E-state index in [0.717, 1.165) is 41.4 Å². The van der Waals surface area contributed by atoms with Crippen LogP contribution in [0.3, 0.4) is 0 Å². The Morgan fingerprint density at radius 3 is 2.76 bits per heavy atom. The maximum atomic E-state index is 5.26. The molecule has 0 aliphatic carbocycles. The predicted molar refractivity (Wildman–Crippen MR) is 88.8 cm³/mol. The number of nitrogens with zero attached hydrogens (tertiary/aromatic N) is 3. The van der Waals surface area contributed by atoms with Gasteiger partial charge in [-0.2, -0.15) is 0 Å². The average molecular weight is 350 g/mol. The number of methoxy groups -OCH3 is 1. The molecule has 2 rings (SSSR count). The van der Waals surface area contributed by atoms with Crippen LogP contribution in [-0.4, -0.2) is 24.1 Å². The Morgan fingerprint density at radius 1 is 1.24 bits per heavy atom. The summed E-state index contributed by atoms with van der Waals surface area (Å²) in [6.45, 7) is 2.90. The number of rotatable bonds is 6. The first kappa shape index (κ1) is 15.8. The summed E-state index contributed by atoms with van der Waals surface area (Å²) in [7, 11) is 3.71. The molecule has 0 spiro atoms. The van der Waals surface area contributed by atoms with E-state index in [-0.39, 0.29) is 0 Å². The van der Waals surface area contributed by atoms with Crippen LogP contribution in [0.4, 0.5) is 5.82 Å². The van der Waals surface area contributed by atoms with Gasteiger partial charge in [-0.3, -0.25) is 0 Å². The molecular weight excluding hydrogens is 330 g/mol. The van der Waals surface area contributed by atoms with E-state index < -0.39 is 0 Å². The molecule has 0 amide bonds. The average Bonchev–Trinajstić information content (AvgIpc) is 2.47. The van der Waals surface area contributed by atoms with Crippen molar-refractivity contribution < 1.29 is 4.74 Å². The zero-order chi connectivity index (χ0) is 15.2. The van der Waals surface area contributed by atoms with Crippen molar-refractivity contribution in [3.63, 3.8) is 0 Å². The van der Waals surface area contributed by atoms with Gasteiger partial charge in [-0.25, -0.2) is 9.97 Å². The van der Waals surface area contributed by atoms with Crippen molar-refractivity contribution in [2.45, 2.75) is 26.3 Å². The molecule has 0 N–H and O–H groups in total. The van der Waals surface area contributed by atoms with Gasteiger partial charge in [0.1, 0.15) is 22.0 Å².